The Morgan fingerprint density at radius 1 is 0.892 bits per heavy atom. The molecule has 0 aromatic carbocycles. The molecule has 5 N–H and O–H groups in total. The molecular weight excluding hydrogens is 508 g/mol. The number of carbonyl (C=O) groups excluding carboxylic acids is 1. The van der Waals surface area contributed by atoms with Gasteiger partial charge in [0.25, 0.3) is 10.1 Å². The number of carbonyl (C=O) groups is 1. The molecule has 1 rings (SSSR count). The van der Waals surface area contributed by atoms with Crippen LogP contribution in [-0.2, 0) is 29.1 Å². The summed E-state index contributed by atoms with van der Waals surface area (Å²) in [5, 5.41) is 39.6. The molecule has 0 bridgehead atoms. The van der Waals surface area contributed by atoms with E-state index in [2.05, 4.69) is 19.1 Å². The molecule has 6 atom stereocenters. The van der Waals surface area contributed by atoms with Gasteiger partial charge >= 0.3 is 5.97 Å². The van der Waals surface area contributed by atoms with Gasteiger partial charge in [0.05, 0.1) is 6.61 Å². The Labute approximate surface area is 220 Å². The summed E-state index contributed by atoms with van der Waals surface area (Å²) >= 11 is 0. The van der Waals surface area contributed by atoms with Gasteiger partial charge in [0.2, 0.25) is 0 Å². The predicted molar refractivity (Wildman–Crippen MR) is 136 cm³/mol. The molecule has 0 amide bonds. The van der Waals surface area contributed by atoms with E-state index in [1.807, 2.05) is 0 Å². The molecule has 0 spiro atoms. The van der Waals surface area contributed by atoms with Gasteiger partial charge in [-0.15, -0.1) is 0 Å². The zero-order valence-corrected chi connectivity index (χ0v) is 22.6. The summed E-state index contributed by atoms with van der Waals surface area (Å²) < 4.78 is 46.4. The van der Waals surface area contributed by atoms with Gasteiger partial charge in [-0.05, 0) is 32.1 Å². The van der Waals surface area contributed by atoms with Crippen LogP contribution in [0.4, 0.5) is 0 Å². The zero-order valence-electron chi connectivity index (χ0n) is 21.8. The van der Waals surface area contributed by atoms with Crippen molar-refractivity contribution in [3.05, 3.63) is 12.2 Å². The van der Waals surface area contributed by atoms with Gasteiger partial charge < -0.3 is 34.6 Å². The first-order chi connectivity index (χ1) is 17.5. The average Bonchev–Trinajstić information content (AvgIpc) is 2.84. The minimum atomic E-state index is -4.54. The van der Waals surface area contributed by atoms with Gasteiger partial charge in [0.1, 0.15) is 42.9 Å². The van der Waals surface area contributed by atoms with Crippen molar-refractivity contribution in [2.24, 2.45) is 0 Å². The maximum absolute atomic E-state index is 11.9. The van der Waals surface area contributed by atoms with Crippen LogP contribution in [0.25, 0.3) is 0 Å². The molecule has 11 nitrogen and oxygen atoms in total. The minimum absolute atomic E-state index is 0.233. The molecular formula is C25H46O11S. The Morgan fingerprint density at radius 3 is 2.11 bits per heavy atom. The highest BCUT2D eigenvalue weighted by Gasteiger charge is 2.45. The largest absolute Gasteiger partial charge is 0.463 e. The maximum Gasteiger partial charge on any atom is 0.305 e. The van der Waals surface area contributed by atoms with Crippen LogP contribution in [-0.4, -0.2) is 95.1 Å². The molecule has 0 radical (unpaired) electrons. The summed E-state index contributed by atoms with van der Waals surface area (Å²) in [6.07, 6.45) is 7.32. The van der Waals surface area contributed by atoms with Crippen molar-refractivity contribution in [2.45, 2.75) is 121 Å². The third-order valence-electron chi connectivity index (χ3n) is 6.08. The number of ether oxygens (including phenoxy) is 3. The highest BCUT2D eigenvalue weighted by atomic mass is 32.2. The average molecular weight is 555 g/mol. The Morgan fingerprint density at radius 2 is 1.49 bits per heavy atom. The second-order valence-corrected chi connectivity index (χ2v) is 11.1. The number of hydrogen-bond donors (Lipinski definition) is 5. The zero-order chi connectivity index (χ0) is 27.7. The van der Waals surface area contributed by atoms with Crippen LogP contribution < -0.4 is 0 Å². The Bertz CT molecular complexity index is 743. The fraction of sp³-hybridized carbons (Fsp3) is 0.880. The third-order valence-corrected chi connectivity index (χ3v) is 6.83. The summed E-state index contributed by atoms with van der Waals surface area (Å²) in [6.45, 7) is 1.40. The molecule has 1 heterocycles. The maximum atomic E-state index is 11.9. The number of rotatable bonds is 20. The summed E-state index contributed by atoms with van der Waals surface area (Å²) in [4.78, 5) is 11.9. The molecule has 0 aromatic rings. The first-order valence-corrected chi connectivity index (χ1v) is 14.9. The summed E-state index contributed by atoms with van der Waals surface area (Å²) in [5.74, 6) is -1.47. The van der Waals surface area contributed by atoms with Crippen molar-refractivity contribution in [3.8, 4) is 0 Å². The number of allylic oxidation sites excluding steroid dienone is 2. The second-order valence-electron chi connectivity index (χ2n) is 9.56. The van der Waals surface area contributed by atoms with Gasteiger partial charge in [0, 0.05) is 6.42 Å². The first kappa shape index (κ1) is 33.9. The van der Waals surface area contributed by atoms with Crippen molar-refractivity contribution in [1.29, 1.82) is 0 Å². The highest BCUT2D eigenvalue weighted by molar-refractivity contribution is 7.85. The van der Waals surface area contributed by atoms with E-state index in [9.17, 15) is 33.6 Å². The van der Waals surface area contributed by atoms with E-state index in [0.29, 0.717) is 6.42 Å². The second kappa shape index (κ2) is 19.0. The van der Waals surface area contributed by atoms with Crippen molar-refractivity contribution in [1.82, 2.24) is 0 Å². The number of aliphatic hydroxyl groups excluding tert-OH is 4. The monoisotopic (exact) mass is 554 g/mol. The highest BCUT2D eigenvalue weighted by Crippen LogP contribution is 2.23. The molecule has 1 fully saturated rings. The third kappa shape index (κ3) is 15.8. The molecule has 1 saturated heterocycles. The molecule has 0 aromatic heterocycles. The lowest BCUT2D eigenvalue weighted by molar-refractivity contribution is -0.296. The summed E-state index contributed by atoms with van der Waals surface area (Å²) in [7, 11) is -4.54. The quantitative estimate of drug-likeness (QED) is 0.0641. The summed E-state index contributed by atoms with van der Waals surface area (Å²) in [5.41, 5.74) is 0. The molecule has 1 aliphatic rings. The van der Waals surface area contributed by atoms with Crippen LogP contribution in [0.5, 0.6) is 0 Å². The molecule has 218 valence electrons. The van der Waals surface area contributed by atoms with E-state index in [-0.39, 0.29) is 13.0 Å². The standard InChI is InChI=1S/C25H46O11S/c1-2-3-4-5-6-7-8-9-10-11-12-13-14-15-21(27)34-16-19(26)17-35-25-24(30)23(29)22(28)20(36-25)18-37(31,32)33/h7-8,19-20,22-26,28-30H,2-6,9-18H2,1H3,(H,31,32,33)/b8-7+. The number of hydrogen-bond acceptors (Lipinski definition) is 10. The fourth-order valence-corrected chi connectivity index (χ4v) is 4.59. The van der Waals surface area contributed by atoms with Crippen LogP contribution in [0.15, 0.2) is 12.2 Å². The van der Waals surface area contributed by atoms with E-state index in [0.717, 1.165) is 38.5 Å². The smallest absolute Gasteiger partial charge is 0.305 e. The van der Waals surface area contributed by atoms with E-state index >= 15 is 0 Å². The van der Waals surface area contributed by atoms with Gasteiger partial charge in [0.15, 0.2) is 6.29 Å². The molecule has 12 heteroatoms. The lowest BCUT2D eigenvalue weighted by atomic mass is 10.00. The fourth-order valence-electron chi connectivity index (χ4n) is 3.90. The molecule has 6 unspecified atom stereocenters. The van der Waals surface area contributed by atoms with Crippen molar-refractivity contribution >= 4 is 16.1 Å². The van der Waals surface area contributed by atoms with Crippen molar-refractivity contribution in [3.63, 3.8) is 0 Å². The van der Waals surface area contributed by atoms with Crippen LogP contribution in [0, 0.1) is 0 Å². The van der Waals surface area contributed by atoms with E-state index < -0.39 is 65.3 Å². The van der Waals surface area contributed by atoms with Crippen molar-refractivity contribution < 1.29 is 52.4 Å². The predicted octanol–water partition coefficient (Wildman–Crippen LogP) is 1.86. The van der Waals surface area contributed by atoms with Gasteiger partial charge in [-0.1, -0.05) is 57.6 Å². The first-order valence-electron chi connectivity index (χ1n) is 13.3. The Balaban J connectivity index is 2.13. The minimum Gasteiger partial charge on any atom is -0.463 e. The normalized spacial score (nSPS) is 25.4. The Hall–Kier alpha value is -1.12. The molecule has 1 aliphatic heterocycles. The van der Waals surface area contributed by atoms with E-state index in [4.69, 9.17) is 18.8 Å². The van der Waals surface area contributed by atoms with Crippen LogP contribution in [0.1, 0.15) is 84.0 Å². The van der Waals surface area contributed by atoms with Gasteiger partial charge in [-0.2, -0.15) is 8.42 Å². The lowest BCUT2D eigenvalue weighted by Crippen LogP contribution is -2.60. The number of unbranched alkanes of at least 4 members (excludes halogenated alkanes) is 9. The SMILES string of the molecule is CCCCCC/C=C/CCCCCCCC(=O)OCC(O)COC1OC(CS(=O)(=O)O)C(O)C(O)C1O. The number of esters is 1. The molecule has 0 saturated carbocycles. The topological polar surface area (TPSA) is 180 Å². The van der Waals surface area contributed by atoms with Gasteiger partial charge in [-0.3, -0.25) is 9.35 Å². The van der Waals surface area contributed by atoms with E-state index in [1.165, 1.54) is 25.7 Å². The molecule has 0 aliphatic carbocycles. The van der Waals surface area contributed by atoms with Crippen LogP contribution >= 0.6 is 0 Å². The van der Waals surface area contributed by atoms with E-state index in [1.54, 1.807) is 0 Å². The number of aliphatic hydroxyl groups is 4. The lowest BCUT2D eigenvalue weighted by Gasteiger charge is -2.40. The molecule has 37 heavy (non-hydrogen) atoms. The van der Waals surface area contributed by atoms with Crippen molar-refractivity contribution in [2.75, 3.05) is 19.0 Å². The van der Waals surface area contributed by atoms with Crippen LogP contribution in [0.2, 0.25) is 0 Å². The summed E-state index contributed by atoms with van der Waals surface area (Å²) in [6, 6.07) is 0. The van der Waals surface area contributed by atoms with Gasteiger partial charge in [-0.25, -0.2) is 0 Å². The Kier molecular flexibility index (Phi) is 17.4. The van der Waals surface area contributed by atoms with Crippen LogP contribution in [0.3, 0.4) is 0 Å².